The van der Waals surface area contributed by atoms with E-state index < -0.39 is 11.5 Å². The SMILES string of the molecule is O=C(O)CC1(NC(=O)CC2OCCc3ccccc32)CCOC1. The Balaban J connectivity index is 1.67. The third-order valence-corrected chi connectivity index (χ3v) is 4.46. The molecular formula is C17H21NO5. The summed E-state index contributed by atoms with van der Waals surface area (Å²) in [6.07, 6.45) is 1.17. The van der Waals surface area contributed by atoms with Gasteiger partial charge in [-0.2, -0.15) is 0 Å². The Morgan fingerprint density at radius 3 is 2.87 bits per heavy atom. The summed E-state index contributed by atoms with van der Waals surface area (Å²) in [7, 11) is 0. The normalized spacial score (nSPS) is 26.5. The first-order chi connectivity index (χ1) is 11.1. The Bertz CT molecular complexity index is 594. The number of hydrogen-bond acceptors (Lipinski definition) is 4. The fraction of sp³-hybridized carbons (Fsp3) is 0.529. The molecule has 6 heteroatoms. The largest absolute Gasteiger partial charge is 0.481 e. The van der Waals surface area contributed by atoms with Crippen molar-refractivity contribution in [1.29, 1.82) is 0 Å². The van der Waals surface area contributed by atoms with Crippen molar-refractivity contribution in [2.75, 3.05) is 19.8 Å². The monoisotopic (exact) mass is 319 g/mol. The van der Waals surface area contributed by atoms with Gasteiger partial charge in [-0.15, -0.1) is 0 Å². The molecule has 1 fully saturated rings. The first kappa shape index (κ1) is 16.0. The highest BCUT2D eigenvalue weighted by Crippen LogP contribution is 2.30. The maximum absolute atomic E-state index is 12.4. The Morgan fingerprint density at radius 1 is 1.30 bits per heavy atom. The highest BCUT2D eigenvalue weighted by atomic mass is 16.5. The first-order valence-electron chi connectivity index (χ1n) is 7.88. The van der Waals surface area contributed by atoms with E-state index in [2.05, 4.69) is 11.4 Å². The number of hydrogen-bond donors (Lipinski definition) is 2. The highest BCUT2D eigenvalue weighted by Gasteiger charge is 2.39. The van der Waals surface area contributed by atoms with Crippen LogP contribution in [0.15, 0.2) is 24.3 Å². The van der Waals surface area contributed by atoms with E-state index in [1.165, 1.54) is 5.56 Å². The smallest absolute Gasteiger partial charge is 0.305 e. The lowest BCUT2D eigenvalue weighted by Crippen LogP contribution is -2.50. The molecule has 0 saturated carbocycles. The summed E-state index contributed by atoms with van der Waals surface area (Å²) in [6, 6.07) is 7.96. The number of ether oxygens (including phenoxy) is 2. The Labute approximate surface area is 134 Å². The molecule has 6 nitrogen and oxygen atoms in total. The van der Waals surface area contributed by atoms with Crippen molar-refractivity contribution in [1.82, 2.24) is 5.32 Å². The fourth-order valence-corrected chi connectivity index (χ4v) is 3.34. The predicted octanol–water partition coefficient (Wildman–Crippen LogP) is 1.44. The van der Waals surface area contributed by atoms with Crippen LogP contribution in [0.5, 0.6) is 0 Å². The zero-order valence-corrected chi connectivity index (χ0v) is 12.9. The Kier molecular flexibility index (Phi) is 4.63. The van der Waals surface area contributed by atoms with Crippen molar-refractivity contribution in [3.63, 3.8) is 0 Å². The number of fused-ring (bicyclic) bond motifs is 1. The summed E-state index contributed by atoms with van der Waals surface area (Å²) in [5.74, 6) is -1.13. The number of aliphatic carboxylic acids is 1. The molecule has 0 radical (unpaired) electrons. The molecule has 0 aromatic heterocycles. The summed E-state index contributed by atoms with van der Waals surface area (Å²) in [4.78, 5) is 23.5. The summed E-state index contributed by atoms with van der Waals surface area (Å²) >= 11 is 0. The van der Waals surface area contributed by atoms with Gasteiger partial charge in [-0.05, 0) is 24.0 Å². The van der Waals surface area contributed by atoms with Gasteiger partial charge in [0.2, 0.25) is 5.91 Å². The van der Waals surface area contributed by atoms with Crippen molar-refractivity contribution in [2.45, 2.75) is 37.3 Å². The van der Waals surface area contributed by atoms with E-state index in [-0.39, 0.29) is 31.5 Å². The van der Waals surface area contributed by atoms with Gasteiger partial charge in [0.15, 0.2) is 0 Å². The van der Waals surface area contributed by atoms with E-state index in [1.54, 1.807) is 0 Å². The molecule has 1 saturated heterocycles. The highest BCUT2D eigenvalue weighted by molar-refractivity contribution is 5.79. The second kappa shape index (κ2) is 6.68. The lowest BCUT2D eigenvalue weighted by Gasteiger charge is -2.30. The Morgan fingerprint density at radius 2 is 2.13 bits per heavy atom. The number of carboxylic acids is 1. The van der Waals surface area contributed by atoms with Gasteiger partial charge in [0.1, 0.15) is 0 Å². The number of nitrogens with one attached hydrogen (secondary N) is 1. The molecule has 2 aliphatic heterocycles. The first-order valence-corrected chi connectivity index (χ1v) is 7.88. The summed E-state index contributed by atoms with van der Waals surface area (Å²) in [6.45, 7) is 1.31. The number of rotatable bonds is 5. The van der Waals surface area contributed by atoms with Gasteiger partial charge in [0.05, 0.1) is 37.7 Å². The zero-order chi connectivity index (χ0) is 16.3. The van der Waals surface area contributed by atoms with Gasteiger partial charge in [-0.1, -0.05) is 24.3 Å². The average Bonchev–Trinajstić information content (AvgIpc) is 2.94. The maximum atomic E-state index is 12.4. The van der Waals surface area contributed by atoms with E-state index in [4.69, 9.17) is 14.6 Å². The number of carboxylic acid groups (broad SMARTS) is 1. The quantitative estimate of drug-likeness (QED) is 0.858. The van der Waals surface area contributed by atoms with Crippen LogP contribution in [0, 0.1) is 0 Å². The van der Waals surface area contributed by atoms with Crippen molar-refractivity contribution >= 4 is 11.9 Å². The number of carbonyl (C=O) groups is 2. The van der Waals surface area contributed by atoms with Gasteiger partial charge >= 0.3 is 5.97 Å². The third-order valence-electron chi connectivity index (χ3n) is 4.46. The van der Waals surface area contributed by atoms with Crippen molar-refractivity contribution in [2.24, 2.45) is 0 Å². The van der Waals surface area contributed by atoms with E-state index in [0.29, 0.717) is 19.6 Å². The molecule has 23 heavy (non-hydrogen) atoms. The maximum Gasteiger partial charge on any atom is 0.305 e. The lowest BCUT2D eigenvalue weighted by atomic mass is 9.92. The number of carbonyl (C=O) groups excluding carboxylic acids is 1. The van der Waals surface area contributed by atoms with Crippen molar-refractivity contribution < 1.29 is 24.2 Å². The standard InChI is InChI=1S/C17H21NO5/c19-15(18-17(10-16(20)21)6-8-22-11-17)9-14-13-4-2-1-3-12(13)5-7-23-14/h1-4,14H,5-11H2,(H,18,19)(H,20,21). The third kappa shape index (κ3) is 3.71. The molecule has 1 aromatic rings. The van der Waals surface area contributed by atoms with Crippen LogP contribution in [0.3, 0.4) is 0 Å². The van der Waals surface area contributed by atoms with Gasteiger partial charge in [-0.25, -0.2) is 0 Å². The van der Waals surface area contributed by atoms with E-state index in [1.807, 2.05) is 18.2 Å². The van der Waals surface area contributed by atoms with Gasteiger partial charge in [-0.3, -0.25) is 9.59 Å². The molecule has 2 heterocycles. The van der Waals surface area contributed by atoms with Crippen molar-refractivity contribution in [3.8, 4) is 0 Å². The molecule has 124 valence electrons. The number of amides is 1. The van der Waals surface area contributed by atoms with E-state index >= 15 is 0 Å². The summed E-state index contributed by atoms with van der Waals surface area (Å²) in [5, 5.41) is 11.9. The molecule has 1 aromatic carbocycles. The molecule has 2 aliphatic rings. The van der Waals surface area contributed by atoms with Crippen LogP contribution < -0.4 is 5.32 Å². The van der Waals surface area contributed by atoms with Gasteiger partial charge in [0.25, 0.3) is 0 Å². The Hall–Kier alpha value is -1.92. The second-order valence-corrected chi connectivity index (χ2v) is 6.21. The molecule has 0 spiro atoms. The van der Waals surface area contributed by atoms with Crippen LogP contribution in [0.2, 0.25) is 0 Å². The van der Waals surface area contributed by atoms with Crippen LogP contribution in [0.25, 0.3) is 0 Å². The van der Waals surface area contributed by atoms with Crippen molar-refractivity contribution in [3.05, 3.63) is 35.4 Å². The minimum absolute atomic E-state index is 0.124. The van der Waals surface area contributed by atoms with Gasteiger partial charge < -0.3 is 19.9 Å². The molecule has 2 atom stereocenters. The summed E-state index contributed by atoms with van der Waals surface area (Å²) < 4.78 is 11.0. The minimum Gasteiger partial charge on any atom is -0.481 e. The molecule has 2 N–H and O–H groups in total. The lowest BCUT2D eigenvalue weighted by molar-refractivity contribution is -0.139. The van der Waals surface area contributed by atoms with E-state index in [9.17, 15) is 9.59 Å². The zero-order valence-electron chi connectivity index (χ0n) is 12.9. The average molecular weight is 319 g/mol. The predicted molar refractivity (Wildman–Crippen MR) is 82.0 cm³/mol. The molecule has 1 amide bonds. The molecule has 2 unspecified atom stereocenters. The topological polar surface area (TPSA) is 84.9 Å². The van der Waals surface area contributed by atoms with Crippen LogP contribution in [-0.4, -0.2) is 42.3 Å². The van der Waals surface area contributed by atoms with Crippen LogP contribution in [0.4, 0.5) is 0 Å². The number of benzene rings is 1. The minimum atomic E-state index is -0.935. The molecule has 0 aliphatic carbocycles. The van der Waals surface area contributed by atoms with Crippen LogP contribution >= 0.6 is 0 Å². The second-order valence-electron chi connectivity index (χ2n) is 6.21. The molecular weight excluding hydrogens is 298 g/mol. The van der Waals surface area contributed by atoms with E-state index in [0.717, 1.165) is 12.0 Å². The molecule has 3 rings (SSSR count). The fourth-order valence-electron chi connectivity index (χ4n) is 3.34. The summed E-state index contributed by atoms with van der Waals surface area (Å²) in [5.41, 5.74) is 1.46. The molecule has 0 bridgehead atoms. The van der Waals surface area contributed by atoms with Crippen LogP contribution in [-0.2, 0) is 25.5 Å². The van der Waals surface area contributed by atoms with Gasteiger partial charge in [0, 0.05) is 6.61 Å². The van der Waals surface area contributed by atoms with Crippen LogP contribution in [0.1, 0.15) is 36.5 Å².